The minimum atomic E-state index is -0.517. The lowest BCUT2D eigenvalue weighted by atomic mass is 10.1. The third kappa shape index (κ3) is 2.54. The number of hydrogen-bond donors (Lipinski definition) is 3. The van der Waals surface area contributed by atoms with Crippen molar-refractivity contribution < 1.29 is 9.59 Å². The van der Waals surface area contributed by atoms with Crippen LogP contribution in [0.2, 0.25) is 0 Å². The van der Waals surface area contributed by atoms with Crippen molar-refractivity contribution in [2.24, 2.45) is 11.5 Å². The van der Waals surface area contributed by atoms with Crippen molar-refractivity contribution in [3.05, 3.63) is 29.3 Å². The highest BCUT2D eigenvalue weighted by Gasteiger charge is 2.09. The molecule has 0 saturated carbocycles. The maximum Gasteiger partial charge on any atom is 0.249 e. The van der Waals surface area contributed by atoms with Crippen molar-refractivity contribution in [1.29, 1.82) is 0 Å². The highest BCUT2D eigenvalue weighted by atomic mass is 16.2. The summed E-state index contributed by atoms with van der Waals surface area (Å²) in [5.41, 5.74) is 11.9. The number of nitrogens with two attached hydrogens (primary N) is 2. The van der Waals surface area contributed by atoms with Crippen LogP contribution in [0.3, 0.4) is 0 Å². The lowest BCUT2D eigenvalue weighted by molar-refractivity contribution is -0.114. The van der Waals surface area contributed by atoms with Crippen LogP contribution < -0.4 is 16.8 Å². The van der Waals surface area contributed by atoms with Gasteiger partial charge < -0.3 is 16.8 Å². The molecule has 0 saturated heterocycles. The Bertz CT molecular complexity index is 402. The highest BCUT2D eigenvalue weighted by molar-refractivity contribution is 5.98. The van der Waals surface area contributed by atoms with Crippen molar-refractivity contribution in [1.82, 2.24) is 0 Å². The SMILES string of the molecule is Cc1c(NC(=O)CN)cccc1C(N)=O. The van der Waals surface area contributed by atoms with Gasteiger partial charge >= 0.3 is 0 Å². The lowest BCUT2D eigenvalue weighted by Gasteiger charge is -2.09. The van der Waals surface area contributed by atoms with Crippen LogP contribution in [-0.2, 0) is 4.79 Å². The minimum Gasteiger partial charge on any atom is -0.366 e. The van der Waals surface area contributed by atoms with Crippen LogP contribution in [0, 0.1) is 6.92 Å². The van der Waals surface area contributed by atoms with E-state index in [0.717, 1.165) is 0 Å². The predicted molar refractivity (Wildman–Crippen MR) is 57.4 cm³/mol. The average molecular weight is 207 g/mol. The molecule has 2 amide bonds. The molecule has 0 unspecified atom stereocenters. The molecule has 0 atom stereocenters. The standard InChI is InChI=1S/C10H13N3O2/c1-6-7(10(12)15)3-2-4-8(6)13-9(14)5-11/h2-4H,5,11H2,1H3,(H2,12,15)(H,13,14). The van der Waals surface area contributed by atoms with E-state index in [0.29, 0.717) is 16.8 Å². The van der Waals surface area contributed by atoms with E-state index in [1.165, 1.54) is 0 Å². The molecule has 5 heteroatoms. The number of carbonyl (C=O) groups is 2. The van der Waals surface area contributed by atoms with Crippen molar-refractivity contribution >= 4 is 17.5 Å². The highest BCUT2D eigenvalue weighted by Crippen LogP contribution is 2.18. The zero-order valence-electron chi connectivity index (χ0n) is 8.41. The first-order chi connectivity index (χ1) is 7.06. The van der Waals surface area contributed by atoms with Crippen LogP contribution in [0.25, 0.3) is 0 Å². The summed E-state index contributed by atoms with van der Waals surface area (Å²) in [5.74, 6) is -0.823. The summed E-state index contributed by atoms with van der Waals surface area (Å²) in [6, 6.07) is 4.95. The molecule has 0 heterocycles. The van der Waals surface area contributed by atoms with E-state index in [1.54, 1.807) is 25.1 Å². The number of anilines is 1. The summed E-state index contributed by atoms with van der Waals surface area (Å²) in [5, 5.41) is 2.58. The number of amides is 2. The fourth-order valence-electron chi connectivity index (χ4n) is 1.24. The van der Waals surface area contributed by atoms with Gasteiger partial charge in [0, 0.05) is 11.3 Å². The van der Waals surface area contributed by atoms with Gasteiger partial charge in [0.05, 0.1) is 6.54 Å². The molecule has 1 rings (SSSR count). The fourth-order valence-corrected chi connectivity index (χ4v) is 1.24. The largest absolute Gasteiger partial charge is 0.366 e. The van der Waals surface area contributed by atoms with Gasteiger partial charge in [-0.25, -0.2) is 0 Å². The van der Waals surface area contributed by atoms with Gasteiger partial charge in [-0.1, -0.05) is 6.07 Å². The molecular weight excluding hydrogens is 194 g/mol. The quantitative estimate of drug-likeness (QED) is 0.650. The maximum absolute atomic E-state index is 11.1. The molecule has 0 aliphatic heterocycles. The molecule has 1 aromatic carbocycles. The van der Waals surface area contributed by atoms with Crippen LogP contribution in [0.15, 0.2) is 18.2 Å². The molecule has 0 aliphatic carbocycles. The molecule has 80 valence electrons. The summed E-state index contributed by atoms with van der Waals surface area (Å²) < 4.78 is 0. The van der Waals surface area contributed by atoms with E-state index in [4.69, 9.17) is 11.5 Å². The van der Waals surface area contributed by atoms with Crippen LogP contribution in [0.4, 0.5) is 5.69 Å². The first-order valence-corrected chi connectivity index (χ1v) is 4.45. The van der Waals surface area contributed by atoms with Crippen molar-refractivity contribution in [2.75, 3.05) is 11.9 Å². The summed E-state index contributed by atoms with van der Waals surface area (Å²) >= 11 is 0. The molecule has 5 nitrogen and oxygen atoms in total. The van der Waals surface area contributed by atoms with Crippen LogP contribution >= 0.6 is 0 Å². The van der Waals surface area contributed by atoms with Gasteiger partial charge in [0.15, 0.2) is 0 Å². The molecule has 5 N–H and O–H groups in total. The number of rotatable bonds is 3. The van der Waals surface area contributed by atoms with Crippen LogP contribution in [0.5, 0.6) is 0 Å². The van der Waals surface area contributed by atoms with E-state index in [2.05, 4.69) is 5.32 Å². The van der Waals surface area contributed by atoms with Crippen molar-refractivity contribution in [3.63, 3.8) is 0 Å². The van der Waals surface area contributed by atoms with Crippen molar-refractivity contribution in [3.8, 4) is 0 Å². The summed E-state index contributed by atoms with van der Waals surface area (Å²) in [6.07, 6.45) is 0. The van der Waals surface area contributed by atoms with E-state index >= 15 is 0 Å². The molecule has 0 fully saturated rings. The molecule has 0 aliphatic rings. The average Bonchev–Trinajstić information content (AvgIpc) is 2.20. The van der Waals surface area contributed by atoms with Gasteiger partial charge in [-0.2, -0.15) is 0 Å². The van der Waals surface area contributed by atoms with Crippen LogP contribution in [-0.4, -0.2) is 18.4 Å². The van der Waals surface area contributed by atoms with Gasteiger partial charge in [0.2, 0.25) is 11.8 Å². The van der Waals surface area contributed by atoms with E-state index in [1.807, 2.05) is 0 Å². The van der Waals surface area contributed by atoms with Gasteiger partial charge in [-0.05, 0) is 24.6 Å². The second-order valence-corrected chi connectivity index (χ2v) is 3.09. The van der Waals surface area contributed by atoms with E-state index < -0.39 is 5.91 Å². The number of hydrogen-bond acceptors (Lipinski definition) is 3. The second kappa shape index (κ2) is 4.56. The monoisotopic (exact) mass is 207 g/mol. The van der Waals surface area contributed by atoms with Crippen molar-refractivity contribution in [2.45, 2.75) is 6.92 Å². The Morgan fingerprint density at radius 1 is 1.40 bits per heavy atom. The molecule has 0 bridgehead atoms. The minimum absolute atomic E-state index is 0.0970. The summed E-state index contributed by atoms with van der Waals surface area (Å²) in [7, 11) is 0. The second-order valence-electron chi connectivity index (χ2n) is 3.09. The Labute approximate surface area is 87.4 Å². The fraction of sp³-hybridized carbons (Fsp3) is 0.200. The molecule has 0 spiro atoms. The molecule has 15 heavy (non-hydrogen) atoms. The molecule has 1 aromatic rings. The normalized spacial score (nSPS) is 9.73. The third-order valence-corrected chi connectivity index (χ3v) is 2.06. The topological polar surface area (TPSA) is 98.2 Å². The van der Waals surface area contributed by atoms with Gasteiger partial charge in [-0.15, -0.1) is 0 Å². The maximum atomic E-state index is 11.1. The number of carbonyl (C=O) groups excluding carboxylic acids is 2. The number of nitrogens with one attached hydrogen (secondary N) is 1. The smallest absolute Gasteiger partial charge is 0.249 e. The summed E-state index contributed by atoms with van der Waals surface area (Å²) in [6.45, 7) is 1.62. The number of benzene rings is 1. The first kappa shape index (κ1) is 11.2. The van der Waals surface area contributed by atoms with Gasteiger partial charge in [-0.3, -0.25) is 9.59 Å². The Morgan fingerprint density at radius 3 is 2.60 bits per heavy atom. The Hall–Kier alpha value is -1.88. The van der Waals surface area contributed by atoms with E-state index in [-0.39, 0.29) is 12.5 Å². The first-order valence-electron chi connectivity index (χ1n) is 4.45. The van der Waals surface area contributed by atoms with E-state index in [9.17, 15) is 9.59 Å². The van der Waals surface area contributed by atoms with Crippen LogP contribution in [0.1, 0.15) is 15.9 Å². The molecular formula is C10H13N3O2. The predicted octanol–water partition coefficient (Wildman–Crippen LogP) is -0.00888. The van der Waals surface area contributed by atoms with Gasteiger partial charge in [0.25, 0.3) is 0 Å². The lowest BCUT2D eigenvalue weighted by Crippen LogP contribution is -2.23. The zero-order chi connectivity index (χ0) is 11.4. The number of primary amides is 1. The zero-order valence-corrected chi connectivity index (χ0v) is 8.41. The molecule has 0 aromatic heterocycles. The van der Waals surface area contributed by atoms with Gasteiger partial charge in [0.1, 0.15) is 0 Å². The Kier molecular flexibility index (Phi) is 3.41. The Morgan fingerprint density at radius 2 is 2.07 bits per heavy atom. The molecule has 0 radical (unpaired) electrons. The third-order valence-electron chi connectivity index (χ3n) is 2.06. The summed E-state index contributed by atoms with van der Waals surface area (Å²) in [4.78, 5) is 22.1. The Balaban J connectivity index is 3.04.